The molecule has 0 saturated carbocycles. The third kappa shape index (κ3) is 5.29. The minimum Gasteiger partial charge on any atom is -0.497 e. The molecule has 160 valence electrons. The number of esters is 1. The fourth-order valence-electron chi connectivity index (χ4n) is 3.96. The number of benzene rings is 2. The molecule has 0 bridgehead atoms. The molecule has 1 atom stereocenters. The largest absolute Gasteiger partial charge is 0.497 e. The van der Waals surface area contributed by atoms with E-state index in [2.05, 4.69) is 18.2 Å². The summed E-state index contributed by atoms with van der Waals surface area (Å²) in [6.07, 6.45) is 4.21. The fourth-order valence-corrected chi connectivity index (χ4v) is 3.96. The lowest BCUT2D eigenvalue weighted by atomic mass is 9.78. The van der Waals surface area contributed by atoms with E-state index in [1.807, 2.05) is 39.0 Å². The van der Waals surface area contributed by atoms with E-state index in [0.29, 0.717) is 18.1 Å². The maximum absolute atomic E-state index is 12.2. The minimum atomic E-state index is -0.522. The molecule has 4 heteroatoms. The molecule has 1 aliphatic rings. The highest BCUT2D eigenvalue weighted by molar-refractivity contribution is 5.78. The first-order valence-corrected chi connectivity index (χ1v) is 10.7. The molecule has 0 amide bonds. The standard InChI is InChI=1S/C26H32O4/c1-17(27)6-7-21-16-22(29-5)12-13-24(21)20-9-8-19-15-23(11-10-18(19)14-20)30-25(28)26(2,3)4/h10-13,15-16,20H,6-9,14H2,1-5H3. The summed E-state index contributed by atoms with van der Waals surface area (Å²) in [6, 6.07) is 12.2. The molecule has 0 aliphatic heterocycles. The smallest absolute Gasteiger partial charge is 0.316 e. The van der Waals surface area contributed by atoms with Gasteiger partial charge in [-0.3, -0.25) is 4.79 Å². The van der Waals surface area contributed by atoms with Crippen LogP contribution in [0.2, 0.25) is 0 Å². The first-order chi connectivity index (χ1) is 14.2. The molecule has 4 nitrogen and oxygen atoms in total. The summed E-state index contributed by atoms with van der Waals surface area (Å²) in [7, 11) is 1.67. The third-order valence-corrected chi connectivity index (χ3v) is 5.77. The number of hydrogen-bond acceptors (Lipinski definition) is 4. The van der Waals surface area contributed by atoms with Gasteiger partial charge in [0.05, 0.1) is 12.5 Å². The number of ketones is 1. The summed E-state index contributed by atoms with van der Waals surface area (Å²) >= 11 is 0. The van der Waals surface area contributed by atoms with Crippen molar-refractivity contribution in [1.29, 1.82) is 0 Å². The van der Waals surface area contributed by atoms with Crippen molar-refractivity contribution in [2.75, 3.05) is 7.11 Å². The molecule has 0 fully saturated rings. The number of fused-ring (bicyclic) bond motifs is 1. The fraction of sp³-hybridized carbons (Fsp3) is 0.462. The zero-order chi connectivity index (χ0) is 21.9. The van der Waals surface area contributed by atoms with Gasteiger partial charge in [0, 0.05) is 6.42 Å². The average molecular weight is 409 g/mol. The third-order valence-electron chi connectivity index (χ3n) is 5.77. The SMILES string of the molecule is COc1ccc(C2CCc3cc(OC(=O)C(C)(C)C)ccc3C2)c(CCC(C)=O)c1. The molecule has 0 heterocycles. The highest BCUT2D eigenvalue weighted by atomic mass is 16.5. The van der Waals surface area contributed by atoms with E-state index in [1.54, 1.807) is 14.0 Å². The van der Waals surface area contributed by atoms with Gasteiger partial charge < -0.3 is 14.3 Å². The number of rotatable bonds is 6. The molecule has 3 rings (SSSR count). The summed E-state index contributed by atoms with van der Waals surface area (Å²) in [5, 5.41) is 0. The topological polar surface area (TPSA) is 52.6 Å². The van der Waals surface area contributed by atoms with Crippen LogP contribution in [0.15, 0.2) is 36.4 Å². The van der Waals surface area contributed by atoms with Crippen molar-refractivity contribution in [2.24, 2.45) is 5.41 Å². The molecule has 2 aromatic rings. The Hall–Kier alpha value is -2.62. The van der Waals surface area contributed by atoms with Gasteiger partial charge in [-0.2, -0.15) is 0 Å². The lowest BCUT2D eigenvalue weighted by molar-refractivity contribution is -0.143. The molecule has 0 saturated heterocycles. The number of Topliss-reactive ketones (excluding diaryl/α,β-unsaturated/α-hetero) is 1. The predicted octanol–water partition coefficient (Wildman–Crippen LogP) is 5.44. The molecule has 30 heavy (non-hydrogen) atoms. The van der Waals surface area contributed by atoms with E-state index in [4.69, 9.17) is 9.47 Å². The van der Waals surface area contributed by atoms with Crippen molar-refractivity contribution < 1.29 is 19.1 Å². The summed E-state index contributed by atoms with van der Waals surface area (Å²) in [5.41, 5.74) is 4.55. The van der Waals surface area contributed by atoms with Crippen LogP contribution < -0.4 is 9.47 Å². The van der Waals surface area contributed by atoms with E-state index in [0.717, 1.165) is 31.4 Å². The van der Waals surface area contributed by atoms with E-state index < -0.39 is 5.41 Å². The van der Waals surface area contributed by atoms with Crippen molar-refractivity contribution in [3.8, 4) is 11.5 Å². The van der Waals surface area contributed by atoms with Crippen LogP contribution in [0.25, 0.3) is 0 Å². The van der Waals surface area contributed by atoms with Gasteiger partial charge in [0.15, 0.2) is 0 Å². The van der Waals surface area contributed by atoms with Crippen LogP contribution in [-0.4, -0.2) is 18.9 Å². The summed E-state index contributed by atoms with van der Waals surface area (Å²) < 4.78 is 11.0. The Balaban J connectivity index is 1.79. The van der Waals surface area contributed by atoms with Gasteiger partial charge in [0.1, 0.15) is 17.3 Å². The molecule has 1 unspecified atom stereocenters. The second-order valence-corrected chi connectivity index (χ2v) is 9.28. The van der Waals surface area contributed by atoms with Crippen molar-refractivity contribution in [2.45, 2.75) is 65.7 Å². The predicted molar refractivity (Wildman–Crippen MR) is 118 cm³/mol. The Morgan fingerprint density at radius 3 is 2.43 bits per heavy atom. The quantitative estimate of drug-likeness (QED) is 0.472. The Labute approximate surface area is 179 Å². The van der Waals surface area contributed by atoms with E-state index >= 15 is 0 Å². The number of hydrogen-bond donors (Lipinski definition) is 0. The number of aryl methyl sites for hydroxylation is 2. The molecule has 0 N–H and O–H groups in total. The van der Waals surface area contributed by atoms with Gasteiger partial charge in [-0.05, 0) is 106 Å². The van der Waals surface area contributed by atoms with E-state index in [9.17, 15) is 9.59 Å². The van der Waals surface area contributed by atoms with Crippen LogP contribution in [0.5, 0.6) is 11.5 Å². The Morgan fingerprint density at radius 2 is 1.77 bits per heavy atom. The van der Waals surface area contributed by atoms with Gasteiger partial charge >= 0.3 is 5.97 Å². The molecule has 0 spiro atoms. The Morgan fingerprint density at radius 1 is 1.03 bits per heavy atom. The normalized spacial score (nSPS) is 16.0. The van der Waals surface area contributed by atoms with Gasteiger partial charge in [-0.15, -0.1) is 0 Å². The maximum Gasteiger partial charge on any atom is 0.316 e. The summed E-state index contributed by atoms with van der Waals surface area (Å²) in [4.78, 5) is 23.7. The maximum atomic E-state index is 12.2. The molecular weight excluding hydrogens is 376 g/mol. The zero-order valence-electron chi connectivity index (χ0n) is 18.7. The van der Waals surface area contributed by atoms with E-state index in [1.165, 1.54) is 22.3 Å². The van der Waals surface area contributed by atoms with Crippen LogP contribution in [0, 0.1) is 5.41 Å². The van der Waals surface area contributed by atoms with Gasteiger partial charge in [0.25, 0.3) is 0 Å². The molecule has 1 aliphatic carbocycles. The van der Waals surface area contributed by atoms with Crippen molar-refractivity contribution >= 4 is 11.8 Å². The van der Waals surface area contributed by atoms with Gasteiger partial charge in [0.2, 0.25) is 0 Å². The van der Waals surface area contributed by atoms with Crippen LogP contribution >= 0.6 is 0 Å². The highest BCUT2D eigenvalue weighted by Gasteiger charge is 2.26. The van der Waals surface area contributed by atoms with Crippen LogP contribution in [0.3, 0.4) is 0 Å². The lowest BCUT2D eigenvalue weighted by Gasteiger charge is -2.27. The van der Waals surface area contributed by atoms with Crippen LogP contribution in [-0.2, 0) is 28.9 Å². The summed E-state index contributed by atoms with van der Waals surface area (Å²) in [6.45, 7) is 7.21. The number of ether oxygens (including phenoxy) is 2. The van der Waals surface area contributed by atoms with Crippen molar-refractivity contribution in [3.05, 3.63) is 58.7 Å². The molecule has 0 radical (unpaired) electrons. The van der Waals surface area contributed by atoms with Crippen molar-refractivity contribution in [1.82, 2.24) is 0 Å². The van der Waals surface area contributed by atoms with Gasteiger partial charge in [-0.1, -0.05) is 12.1 Å². The van der Waals surface area contributed by atoms with Gasteiger partial charge in [-0.25, -0.2) is 0 Å². The van der Waals surface area contributed by atoms with Crippen molar-refractivity contribution in [3.63, 3.8) is 0 Å². The number of carbonyl (C=O) groups is 2. The lowest BCUT2D eigenvalue weighted by Crippen LogP contribution is -2.25. The second kappa shape index (κ2) is 9.03. The number of carbonyl (C=O) groups excluding carboxylic acids is 2. The average Bonchev–Trinajstić information content (AvgIpc) is 2.71. The summed E-state index contributed by atoms with van der Waals surface area (Å²) in [5.74, 6) is 1.85. The van der Waals surface area contributed by atoms with Crippen LogP contribution in [0.4, 0.5) is 0 Å². The minimum absolute atomic E-state index is 0.204. The highest BCUT2D eigenvalue weighted by Crippen LogP contribution is 2.37. The Bertz CT molecular complexity index is 937. The molecular formula is C26H32O4. The second-order valence-electron chi connectivity index (χ2n) is 9.28. The van der Waals surface area contributed by atoms with Crippen LogP contribution in [0.1, 0.15) is 68.7 Å². The molecule has 2 aromatic carbocycles. The number of methoxy groups -OCH3 is 1. The Kier molecular flexibility index (Phi) is 6.64. The first kappa shape index (κ1) is 22.1. The first-order valence-electron chi connectivity index (χ1n) is 10.7. The monoisotopic (exact) mass is 408 g/mol. The van der Waals surface area contributed by atoms with E-state index in [-0.39, 0.29) is 11.8 Å². The zero-order valence-corrected chi connectivity index (χ0v) is 18.7. The molecule has 0 aromatic heterocycles.